The van der Waals surface area contributed by atoms with Gasteiger partial charge in [0, 0.05) is 34.3 Å². The minimum atomic E-state index is -5.08. The quantitative estimate of drug-likeness (QED) is 0.337. The van der Waals surface area contributed by atoms with E-state index < -0.39 is 18.2 Å². The monoisotopic (exact) mass is 521 g/mol. The molecule has 33 heavy (non-hydrogen) atoms. The number of carbonyl (C=O) groups is 1. The average Bonchev–Trinajstić information content (AvgIpc) is 3.37. The lowest BCUT2D eigenvalue weighted by Crippen LogP contribution is -2.42. The van der Waals surface area contributed by atoms with Gasteiger partial charge in [0.15, 0.2) is 0 Å². The Morgan fingerprint density at radius 2 is 2.09 bits per heavy atom. The van der Waals surface area contributed by atoms with Crippen LogP contribution < -0.4 is 11.1 Å². The number of hydrogen-bond acceptors (Lipinski definition) is 7. The fraction of sp³-hybridized carbons (Fsp3) is 0.429. The summed E-state index contributed by atoms with van der Waals surface area (Å²) in [6.45, 7) is 2.86. The number of aliphatic hydroxyl groups excluding tert-OH is 1. The van der Waals surface area contributed by atoms with Crippen LogP contribution in [0.15, 0.2) is 23.6 Å². The lowest BCUT2D eigenvalue weighted by Gasteiger charge is -2.32. The number of hydrogen-bond donors (Lipinski definition) is 4. The fourth-order valence-electron chi connectivity index (χ4n) is 3.75. The third-order valence-electron chi connectivity index (χ3n) is 5.41. The number of nitrogens with one attached hydrogen (secondary N) is 1. The molecular weight excluding hydrogens is 499 g/mol. The molecule has 0 aromatic carbocycles. The van der Waals surface area contributed by atoms with Gasteiger partial charge in [-0.2, -0.15) is 13.2 Å². The summed E-state index contributed by atoms with van der Waals surface area (Å²) in [7, 11) is 0. The summed E-state index contributed by atoms with van der Waals surface area (Å²) in [6, 6.07) is 5.85. The number of aliphatic hydroxyl groups is 1. The van der Waals surface area contributed by atoms with Gasteiger partial charge in [-0.25, -0.2) is 9.78 Å². The number of aromatic nitrogens is 1. The molecule has 1 saturated carbocycles. The lowest BCUT2D eigenvalue weighted by molar-refractivity contribution is -0.192. The summed E-state index contributed by atoms with van der Waals surface area (Å²) in [5.41, 5.74) is 9.43. The summed E-state index contributed by atoms with van der Waals surface area (Å²) in [5.74, 6) is -2.57. The molecule has 4 rings (SSSR count). The fourth-order valence-corrected chi connectivity index (χ4v) is 6.02. The van der Waals surface area contributed by atoms with E-state index in [1.807, 2.05) is 6.07 Å². The second kappa shape index (κ2) is 10.6. The zero-order valence-electron chi connectivity index (χ0n) is 17.5. The first-order valence-electron chi connectivity index (χ1n) is 10.1. The Bertz CT molecular complexity index is 1110. The molecule has 0 aliphatic heterocycles. The Balaban J connectivity index is 0.000000383. The van der Waals surface area contributed by atoms with Crippen LogP contribution >= 0.6 is 34.3 Å². The third-order valence-corrected chi connectivity index (χ3v) is 7.93. The first-order valence-corrected chi connectivity index (χ1v) is 12.2. The first kappa shape index (κ1) is 25.7. The molecule has 1 aliphatic rings. The number of carboxylic acid groups (broad SMARTS) is 1. The van der Waals surface area contributed by atoms with Gasteiger partial charge in [-0.1, -0.05) is 24.1 Å². The maximum atomic E-state index is 10.6. The minimum Gasteiger partial charge on any atom is -0.475 e. The number of fused-ring (bicyclic) bond motifs is 1. The van der Waals surface area contributed by atoms with Crippen molar-refractivity contribution in [2.45, 2.75) is 57.0 Å². The van der Waals surface area contributed by atoms with Crippen LogP contribution in [0, 0.1) is 6.92 Å². The molecule has 5 N–H and O–H groups in total. The molecule has 0 amide bonds. The third kappa shape index (κ3) is 6.15. The average molecular weight is 522 g/mol. The molecule has 0 saturated heterocycles. The molecule has 1 aliphatic carbocycles. The molecule has 3 aromatic rings. The maximum absolute atomic E-state index is 10.6. The van der Waals surface area contributed by atoms with E-state index in [9.17, 15) is 18.3 Å². The van der Waals surface area contributed by atoms with E-state index in [1.165, 1.54) is 9.75 Å². The van der Waals surface area contributed by atoms with Gasteiger partial charge in [0.05, 0.1) is 22.0 Å². The van der Waals surface area contributed by atoms with Crippen LogP contribution in [0.4, 0.5) is 18.9 Å². The molecule has 0 spiro atoms. The van der Waals surface area contributed by atoms with Crippen molar-refractivity contribution in [1.82, 2.24) is 4.98 Å². The Morgan fingerprint density at radius 1 is 1.39 bits per heavy atom. The van der Waals surface area contributed by atoms with Gasteiger partial charge in [0.1, 0.15) is 5.15 Å². The van der Waals surface area contributed by atoms with Crippen molar-refractivity contribution in [2.75, 3.05) is 5.32 Å². The second-order valence-electron chi connectivity index (χ2n) is 7.68. The Labute approximate surface area is 201 Å². The van der Waals surface area contributed by atoms with E-state index in [1.54, 1.807) is 22.7 Å². The predicted molar refractivity (Wildman–Crippen MR) is 125 cm³/mol. The molecule has 0 radical (unpaired) electrons. The second-order valence-corrected chi connectivity index (χ2v) is 10.2. The van der Waals surface area contributed by atoms with E-state index in [2.05, 4.69) is 34.7 Å². The topological polar surface area (TPSA) is 108 Å². The van der Waals surface area contributed by atoms with E-state index in [-0.39, 0.29) is 12.0 Å². The number of nitrogens with zero attached hydrogens (tertiary/aromatic N) is 1. The molecule has 12 heteroatoms. The number of thiophene rings is 2. The van der Waals surface area contributed by atoms with Gasteiger partial charge in [0.2, 0.25) is 0 Å². The smallest absolute Gasteiger partial charge is 0.475 e. The first-order chi connectivity index (χ1) is 15.5. The van der Waals surface area contributed by atoms with Gasteiger partial charge in [0.25, 0.3) is 0 Å². The SMILES string of the molecule is Cc1c([C@@H]2CCC[C@@H](O)[C@H]2N)sc2c(NCc3cccs3)cc(Cl)nc12.O=C(O)C(F)(F)F. The zero-order valence-corrected chi connectivity index (χ0v) is 19.9. The zero-order chi connectivity index (χ0) is 24.3. The number of anilines is 1. The van der Waals surface area contributed by atoms with Gasteiger partial charge in [-0.05, 0) is 36.8 Å². The van der Waals surface area contributed by atoms with Crippen LogP contribution in [0.2, 0.25) is 5.15 Å². The highest BCUT2D eigenvalue weighted by Gasteiger charge is 2.38. The Kier molecular flexibility index (Phi) is 8.22. The van der Waals surface area contributed by atoms with Gasteiger partial charge in [-0.3, -0.25) is 0 Å². The van der Waals surface area contributed by atoms with Crippen molar-refractivity contribution in [3.63, 3.8) is 0 Å². The molecule has 0 bridgehead atoms. The number of pyridine rings is 1. The number of carboxylic acids is 1. The van der Waals surface area contributed by atoms with Crippen LogP contribution in [0.25, 0.3) is 10.2 Å². The summed E-state index contributed by atoms with van der Waals surface area (Å²) >= 11 is 9.76. The van der Waals surface area contributed by atoms with Crippen molar-refractivity contribution in [2.24, 2.45) is 5.73 Å². The highest BCUT2D eigenvalue weighted by atomic mass is 35.5. The van der Waals surface area contributed by atoms with E-state index in [0.29, 0.717) is 5.15 Å². The molecule has 3 atom stereocenters. The van der Waals surface area contributed by atoms with Crippen molar-refractivity contribution in [3.8, 4) is 0 Å². The normalized spacial score (nSPS) is 20.9. The molecular formula is C21H23ClF3N3O3S2. The largest absolute Gasteiger partial charge is 0.490 e. The molecule has 3 aromatic heterocycles. The number of halogens is 4. The van der Waals surface area contributed by atoms with E-state index >= 15 is 0 Å². The van der Waals surface area contributed by atoms with Gasteiger partial charge >= 0.3 is 12.1 Å². The minimum absolute atomic E-state index is 0.182. The molecule has 3 heterocycles. The Morgan fingerprint density at radius 3 is 2.70 bits per heavy atom. The van der Waals surface area contributed by atoms with E-state index in [4.69, 9.17) is 27.2 Å². The Hall–Kier alpha value is -1.92. The van der Waals surface area contributed by atoms with Crippen LogP contribution in [-0.4, -0.2) is 39.5 Å². The molecule has 6 nitrogen and oxygen atoms in total. The lowest BCUT2D eigenvalue weighted by atomic mass is 9.81. The summed E-state index contributed by atoms with van der Waals surface area (Å²) in [5, 5.41) is 23.4. The number of aliphatic carboxylic acids is 1. The number of alkyl halides is 3. The molecule has 1 fully saturated rings. The summed E-state index contributed by atoms with van der Waals surface area (Å²) in [4.78, 5) is 16.0. The van der Waals surface area contributed by atoms with Crippen LogP contribution in [0.3, 0.4) is 0 Å². The van der Waals surface area contributed by atoms with Crippen LogP contribution in [-0.2, 0) is 11.3 Å². The van der Waals surface area contributed by atoms with Crippen molar-refractivity contribution < 1.29 is 28.2 Å². The number of nitrogens with two attached hydrogens (primary N) is 1. The van der Waals surface area contributed by atoms with Gasteiger partial charge in [-0.15, -0.1) is 22.7 Å². The standard InChI is InChI=1S/C19H22ClN3OS2.C2HF3O2/c1-10-17-19(26-18(10)12-5-2-6-14(24)16(12)21)13(8-15(20)23-17)22-9-11-4-3-7-25-11;3-2(4,5)1(6)7/h3-4,7-8,12,14,16,24H,2,5-6,9,21H2,1H3,(H,22,23);(H,6,7)/t12-,14-,16+;/m1./s1. The highest BCUT2D eigenvalue weighted by Crippen LogP contribution is 2.44. The summed E-state index contributed by atoms with van der Waals surface area (Å²) < 4.78 is 32.9. The molecule has 0 unspecified atom stereocenters. The number of aryl methyl sites for hydroxylation is 1. The van der Waals surface area contributed by atoms with Crippen molar-refractivity contribution in [1.29, 1.82) is 0 Å². The van der Waals surface area contributed by atoms with Crippen molar-refractivity contribution in [3.05, 3.63) is 44.1 Å². The van der Waals surface area contributed by atoms with Gasteiger partial charge < -0.3 is 21.3 Å². The highest BCUT2D eigenvalue weighted by molar-refractivity contribution is 7.20. The van der Waals surface area contributed by atoms with Crippen LogP contribution in [0.1, 0.15) is 40.5 Å². The maximum Gasteiger partial charge on any atom is 0.490 e. The van der Waals surface area contributed by atoms with E-state index in [0.717, 1.165) is 47.3 Å². The predicted octanol–water partition coefficient (Wildman–Crippen LogP) is 5.52. The summed E-state index contributed by atoms with van der Waals surface area (Å²) in [6.07, 6.45) is -2.70. The molecule has 180 valence electrons. The number of rotatable bonds is 4. The van der Waals surface area contributed by atoms with Crippen molar-refractivity contribution >= 4 is 56.1 Å². The van der Waals surface area contributed by atoms with Crippen LogP contribution in [0.5, 0.6) is 0 Å².